The molecule has 3 aromatic rings. The Morgan fingerprint density at radius 1 is 1.27 bits per heavy atom. The minimum atomic E-state index is -0.0998. The first-order valence-electron chi connectivity index (χ1n) is 8.58. The van der Waals surface area contributed by atoms with E-state index in [1.54, 1.807) is 12.4 Å². The smallest absolute Gasteiger partial charge is 0.261 e. The van der Waals surface area contributed by atoms with E-state index in [-0.39, 0.29) is 17.9 Å². The van der Waals surface area contributed by atoms with Crippen LogP contribution in [0.2, 0.25) is 0 Å². The molecule has 1 amide bonds. The average molecular weight is 412 g/mol. The van der Waals surface area contributed by atoms with Crippen LogP contribution < -0.4 is 10.5 Å². The maximum Gasteiger partial charge on any atom is 0.261 e. The van der Waals surface area contributed by atoms with Crippen molar-refractivity contribution >= 4 is 38.4 Å². The minimum absolute atomic E-state index is 0.0299. The Bertz CT molecular complexity index is 1070. The monoisotopic (exact) mass is 411 g/mol. The van der Waals surface area contributed by atoms with Crippen LogP contribution in [-0.4, -0.2) is 22.0 Å². The number of para-hydroxylation sites is 1. The molecule has 1 aliphatic rings. The fraction of sp³-hybridized carbons (Fsp3) is 0.250. The second kappa shape index (κ2) is 6.68. The number of carbonyl (C=O) groups excluding carboxylic acids is 1. The number of rotatable bonds is 3. The van der Waals surface area contributed by atoms with Crippen LogP contribution in [0.25, 0.3) is 10.9 Å². The molecule has 0 radical (unpaired) electrons. The van der Waals surface area contributed by atoms with Crippen LogP contribution in [0.4, 0.5) is 5.69 Å². The Kier molecular flexibility index (Phi) is 4.36. The van der Waals surface area contributed by atoms with Crippen LogP contribution in [0.15, 0.2) is 52.0 Å². The van der Waals surface area contributed by atoms with E-state index in [4.69, 9.17) is 0 Å². The molecule has 0 saturated heterocycles. The summed E-state index contributed by atoms with van der Waals surface area (Å²) in [6, 6.07) is 11.6. The highest BCUT2D eigenvalue weighted by Gasteiger charge is 2.24. The third-order valence-electron chi connectivity index (χ3n) is 4.86. The summed E-state index contributed by atoms with van der Waals surface area (Å²) in [5.74, 6) is 0.0299. The number of halogens is 1. The van der Waals surface area contributed by atoms with Crippen LogP contribution in [0.5, 0.6) is 0 Å². The van der Waals surface area contributed by atoms with E-state index < -0.39 is 0 Å². The Balaban J connectivity index is 1.54. The van der Waals surface area contributed by atoms with E-state index in [0.29, 0.717) is 18.5 Å². The number of nitrogens with zero attached hydrogens (tertiary/aromatic N) is 3. The van der Waals surface area contributed by atoms with Crippen molar-refractivity contribution in [2.75, 3.05) is 11.4 Å². The number of hydrogen-bond donors (Lipinski definition) is 0. The molecule has 0 saturated carbocycles. The van der Waals surface area contributed by atoms with Gasteiger partial charge in [0.05, 0.1) is 17.2 Å². The SMILES string of the molecule is Cc1cccc2c(=O)n(CCC(=O)N3CCc4cc(Br)ccc43)cnc12. The van der Waals surface area contributed by atoms with Crippen molar-refractivity contribution in [1.29, 1.82) is 0 Å². The van der Waals surface area contributed by atoms with E-state index in [9.17, 15) is 9.59 Å². The standard InChI is InChI=1S/C20H18BrN3O2/c1-13-3-2-4-16-19(13)22-12-23(20(16)26)9-8-18(25)24-10-7-14-11-15(21)5-6-17(14)24/h2-6,11-12H,7-10H2,1H3. The lowest BCUT2D eigenvalue weighted by atomic mass is 10.1. The number of aromatic nitrogens is 2. The Hall–Kier alpha value is -2.47. The summed E-state index contributed by atoms with van der Waals surface area (Å²) in [4.78, 5) is 31.5. The maximum atomic E-state index is 12.7. The number of anilines is 1. The van der Waals surface area contributed by atoms with Gasteiger partial charge in [0.1, 0.15) is 0 Å². The lowest BCUT2D eigenvalue weighted by Crippen LogP contribution is -2.31. The van der Waals surface area contributed by atoms with Crippen LogP contribution >= 0.6 is 15.9 Å². The van der Waals surface area contributed by atoms with Gasteiger partial charge in [0.15, 0.2) is 0 Å². The quantitative estimate of drug-likeness (QED) is 0.662. The van der Waals surface area contributed by atoms with Crippen LogP contribution in [0.1, 0.15) is 17.5 Å². The number of carbonyl (C=O) groups is 1. The number of aryl methyl sites for hydroxylation is 2. The first-order chi connectivity index (χ1) is 12.5. The Labute approximate surface area is 159 Å². The molecule has 0 fully saturated rings. The third kappa shape index (κ3) is 2.94. The van der Waals surface area contributed by atoms with Gasteiger partial charge in [-0.25, -0.2) is 4.98 Å². The van der Waals surface area contributed by atoms with Crippen molar-refractivity contribution in [3.63, 3.8) is 0 Å². The van der Waals surface area contributed by atoms with E-state index in [0.717, 1.165) is 27.7 Å². The molecule has 2 heterocycles. The lowest BCUT2D eigenvalue weighted by molar-refractivity contribution is -0.118. The Morgan fingerprint density at radius 2 is 2.12 bits per heavy atom. The minimum Gasteiger partial charge on any atom is -0.312 e. The summed E-state index contributed by atoms with van der Waals surface area (Å²) in [5.41, 5.74) is 3.74. The summed E-state index contributed by atoms with van der Waals surface area (Å²) in [5, 5.41) is 0.594. The maximum absolute atomic E-state index is 12.7. The van der Waals surface area contributed by atoms with Gasteiger partial charge in [-0.1, -0.05) is 28.1 Å². The number of benzene rings is 2. The zero-order chi connectivity index (χ0) is 18.3. The highest BCUT2D eigenvalue weighted by molar-refractivity contribution is 9.10. The van der Waals surface area contributed by atoms with Crippen LogP contribution in [-0.2, 0) is 17.8 Å². The summed E-state index contributed by atoms with van der Waals surface area (Å²) in [6.45, 7) is 2.96. The topological polar surface area (TPSA) is 55.2 Å². The first kappa shape index (κ1) is 17.0. The molecule has 1 aliphatic heterocycles. The number of fused-ring (bicyclic) bond motifs is 2. The predicted molar refractivity (Wildman–Crippen MR) is 106 cm³/mol. The molecule has 26 heavy (non-hydrogen) atoms. The zero-order valence-electron chi connectivity index (χ0n) is 14.4. The largest absolute Gasteiger partial charge is 0.312 e. The average Bonchev–Trinajstić information content (AvgIpc) is 3.04. The lowest BCUT2D eigenvalue weighted by Gasteiger charge is -2.17. The van der Waals surface area contributed by atoms with Crippen molar-refractivity contribution < 1.29 is 4.79 Å². The molecule has 0 aliphatic carbocycles. The molecule has 5 nitrogen and oxygen atoms in total. The van der Waals surface area contributed by atoms with Gasteiger partial charge in [-0.2, -0.15) is 0 Å². The molecule has 0 bridgehead atoms. The molecule has 6 heteroatoms. The van der Waals surface area contributed by atoms with Crippen LogP contribution in [0.3, 0.4) is 0 Å². The molecule has 0 spiro atoms. The summed E-state index contributed by atoms with van der Waals surface area (Å²) in [7, 11) is 0. The molecular formula is C20H18BrN3O2. The second-order valence-electron chi connectivity index (χ2n) is 6.53. The van der Waals surface area contributed by atoms with E-state index in [1.165, 1.54) is 10.1 Å². The van der Waals surface area contributed by atoms with E-state index in [2.05, 4.69) is 27.0 Å². The van der Waals surface area contributed by atoms with Crippen LogP contribution in [0, 0.1) is 6.92 Å². The molecule has 132 valence electrons. The van der Waals surface area contributed by atoms with E-state index >= 15 is 0 Å². The second-order valence-corrected chi connectivity index (χ2v) is 7.45. The summed E-state index contributed by atoms with van der Waals surface area (Å²) in [6.07, 6.45) is 2.67. The molecule has 4 rings (SSSR count). The highest BCUT2D eigenvalue weighted by atomic mass is 79.9. The molecule has 1 aromatic heterocycles. The molecule has 0 atom stereocenters. The predicted octanol–water partition coefficient (Wildman–Crippen LogP) is 3.45. The van der Waals surface area contributed by atoms with Gasteiger partial charge in [-0.3, -0.25) is 14.2 Å². The fourth-order valence-corrected chi connectivity index (χ4v) is 3.89. The third-order valence-corrected chi connectivity index (χ3v) is 5.35. The molecule has 0 N–H and O–H groups in total. The van der Waals surface area contributed by atoms with Gasteiger partial charge < -0.3 is 4.90 Å². The Morgan fingerprint density at radius 3 is 2.96 bits per heavy atom. The first-order valence-corrected chi connectivity index (χ1v) is 9.37. The molecule has 0 unspecified atom stereocenters. The fourth-order valence-electron chi connectivity index (χ4n) is 3.48. The van der Waals surface area contributed by atoms with Gasteiger partial charge in [0.2, 0.25) is 5.91 Å². The van der Waals surface area contributed by atoms with Crippen molar-refractivity contribution in [2.45, 2.75) is 26.3 Å². The van der Waals surface area contributed by atoms with Gasteiger partial charge in [0.25, 0.3) is 5.56 Å². The van der Waals surface area contributed by atoms with Crippen molar-refractivity contribution in [2.24, 2.45) is 0 Å². The highest BCUT2D eigenvalue weighted by Crippen LogP contribution is 2.30. The van der Waals surface area contributed by atoms with Gasteiger partial charge in [-0.15, -0.1) is 0 Å². The normalized spacial score (nSPS) is 13.2. The zero-order valence-corrected chi connectivity index (χ0v) is 16.0. The van der Waals surface area contributed by atoms with Crippen molar-refractivity contribution in [3.05, 3.63) is 68.7 Å². The summed E-state index contributed by atoms with van der Waals surface area (Å²) >= 11 is 3.47. The number of hydrogen-bond acceptors (Lipinski definition) is 3. The van der Waals surface area contributed by atoms with Gasteiger partial charge in [0, 0.05) is 29.7 Å². The number of amides is 1. The van der Waals surface area contributed by atoms with Gasteiger partial charge >= 0.3 is 0 Å². The van der Waals surface area contributed by atoms with E-state index in [1.807, 2.05) is 36.1 Å². The van der Waals surface area contributed by atoms with Crippen molar-refractivity contribution in [1.82, 2.24) is 9.55 Å². The molecule has 2 aromatic carbocycles. The summed E-state index contributed by atoms with van der Waals surface area (Å²) < 4.78 is 2.55. The van der Waals surface area contributed by atoms with Gasteiger partial charge in [-0.05, 0) is 48.7 Å². The molecular weight excluding hydrogens is 394 g/mol. The van der Waals surface area contributed by atoms with Crippen molar-refractivity contribution in [3.8, 4) is 0 Å².